The molecule has 0 spiro atoms. The minimum absolute atomic E-state index is 0.100. The molecule has 82 valence electrons. The second-order valence-electron chi connectivity index (χ2n) is 3.06. The van der Waals surface area contributed by atoms with Gasteiger partial charge in [-0.25, -0.2) is 0 Å². The first-order valence-corrected chi connectivity index (χ1v) is 5.11. The predicted molar refractivity (Wildman–Crippen MR) is 61.3 cm³/mol. The number of nitrogens with one attached hydrogen (secondary N) is 2. The molecule has 0 aliphatic carbocycles. The van der Waals surface area contributed by atoms with Crippen LogP contribution in [0.15, 0.2) is 9.79 Å². The van der Waals surface area contributed by atoms with Crippen LogP contribution < -0.4 is 5.56 Å². The van der Waals surface area contributed by atoms with E-state index in [4.69, 9.17) is 0 Å². The lowest BCUT2D eigenvalue weighted by Crippen LogP contribution is -2.13. The van der Waals surface area contributed by atoms with Gasteiger partial charge in [-0.05, 0) is 18.6 Å². The monoisotopic (exact) mass is 227 g/mol. The van der Waals surface area contributed by atoms with Gasteiger partial charge in [0.1, 0.15) is 5.56 Å². The molecule has 0 aliphatic heterocycles. The van der Waals surface area contributed by atoms with Crippen molar-refractivity contribution < 1.29 is 5.11 Å². The molecular formula is C9H13N3O2S. The Labute approximate surface area is 91.9 Å². The summed E-state index contributed by atoms with van der Waals surface area (Å²) < 4.78 is 0.100. The molecular weight excluding hydrogens is 214 g/mol. The summed E-state index contributed by atoms with van der Waals surface area (Å²) in [4.78, 5) is 20.2. The summed E-state index contributed by atoms with van der Waals surface area (Å²) in [6, 6.07) is 0. The highest BCUT2D eigenvalue weighted by Gasteiger charge is 2.03. The zero-order valence-corrected chi connectivity index (χ0v) is 9.23. The third-order valence-corrected chi connectivity index (χ3v) is 2.02. The van der Waals surface area contributed by atoms with Crippen molar-refractivity contribution in [3.8, 4) is 5.88 Å². The third-order valence-electron chi connectivity index (χ3n) is 1.82. The number of unbranched alkanes of at least 4 members (excludes halogenated alkanes) is 1. The van der Waals surface area contributed by atoms with Crippen molar-refractivity contribution in [1.82, 2.24) is 9.97 Å². The normalized spacial score (nSPS) is 11.0. The average molecular weight is 227 g/mol. The largest absolute Gasteiger partial charge is 0.494 e. The topological polar surface area (TPSA) is 81.2 Å². The summed E-state index contributed by atoms with van der Waals surface area (Å²) in [6.07, 6.45) is 3.35. The highest BCUT2D eigenvalue weighted by Crippen LogP contribution is 2.03. The molecule has 0 aromatic carbocycles. The Hall–Kier alpha value is -1.43. The highest BCUT2D eigenvalue weighted by molar-refractivity contribution is 7.71. The molecule has 0 bridgehead atoms. The number of aromatic nitrogens is 2. The van der Waals surface area contributed by atoms with Gasteiger partial charge in [0.05, 0.1) is 0 Å². The van der Waals surface area contributed by atoms with Gasteiger partial charge in [0.15, 0.2) is 4.77 Å². The quantitative estimate of drug-likeness (QED) is 0.412. The van der Waals surface area contributed by atoms with Gasteiger partial charge < -0.3 is 10.1 Å². The van der Waals surface area contributed by atoms with E-state index < -0.39 is 5.56 Å². The van der Waals surface area contributed by atoms with Crippen LogP contribution in [-0.4, -0.2) is 27.8 Å². The smallest absolute Gasteiger partial charge is 0.264 e. The van der Waals surface area contributed by atoms with Crippen molar-refractivity contribution >= 4 is 18.4 Å². The molecule has 0 saturated heterocycles. The van der Waals surface area contributed by atoms with Gasteiger partial charge in [0.25, 0.3) is 5.56 Å². The van der Waals surface area contributed by atoms with Crippen LogP contribution in [0.25, 0.3) is 0 Å². The standard InChI is InChI=1S/C9H13N3O2S/c1-2-3-4-10-5-6-7(13)11-9(15)12-8(6)14/h5H,2-4H2,1H3,(H3,11,12,13,14,15). The maximum absolute atomic E-state index is 11.3. The van der Waals surface area contributed by atoms with Crippen LogP contribution in [0.3, 0.4) is 0 Å². The van der Waals surface area contributed by atoms with Crippen molar-refractivity contribution in [2.75, 3.05) is 6.54 Å². The lowest BCUT2D eigenvalue weighted by atomic mass is 10.3. The molecule has 0 radical (unpaired) electrons. The fourth-order valence-corrected chi connectivity index (χ4v) is 1.20. The van der Waals surface area contributed by atoms with Crippen LogP contribution in [0.4, 0.5) is 0 Å². The number of rotatable bonds is 4. The Morgan fingerprint density at radius 3 is 2.87 bits per heavy atom. The van der Waals surface area contributed by atoms with E-state index in [1.54, 1.807) is 0 Å². The van der Waals surface area contributed by atoms with Crippen molar-refractivity contribution in [3.05, 3.63) is 20.7 Å². The molecule has 3 N–H and O–H groups in total. The molecule has 1 aromatic rings. The molecule has 1 aromatic heterocycles. The van der Waals surface area contributed by atoms with Gasteiger partial charge in [-0.1, -0.05) is 13.3 Å². The van der Waals surface area contributed by atoms with Crippen molar-refractivity contribution in [3.63, 3.8) is 0 Å². The van der Waals surface area contributed by atoms with Gasteiger partial charge in [0, 0.05) is 12.8 Å². The van der Waals surface area contributed by atoms with Gasteiger partial charge in [-0.2, -0.15) is 0 Å². The Balaban J connectivity index is 2.90. The third kappa shape index (κ3) is 3.32. The number of hydrogen-bond donors (Lipinski definition) is 3. The Morgan fingerprint density at radius 2 is 2.27 bits per heavy atom. The Bertz CT molecular complexity index is 461. The van der Waals surface area contributed by atoms with Gasteiger partial charge in [-0.3, -0.25) is 14.8 Å². The first kappa shape index (κ1) is 11.6. The second kappa shape index (κ2) is 5.45. The fraction of sp³-hybridized carbons (Fsp3) is 0.444. The lowest BCUT2D eigenvalue weighted by Gasteiger charge is -1.96. The zero-order chi connectivity index (χ0) is 11.3. The number of aromatic hydroxyl groups is 1. The van der Waals surface area contributed by atoms with E-state index in [0.717, 1.165) is 12.8 Å². The number of nitrogens with zero attached hydrogens (tertiary/aromatic N) is 1. The Kier molecular flexibility index (Phi) is 4.23. The lowest BCUT2D eigenvalue weighted by molar-refractivity contribution is 0.449. The SMILES string of the molecule is CCCCN=Cc1c(O)[nH]c(=S)[nH]c1=O. The summed E-state index contributed by atoms with van der Waals surface area (Å²) in [5.41, 5.74) is -0.323. The van der Waals surface area contributed by atoms with Crippen LogP contribution in [0.2, 0.25) is 0 Å². The van der Waals surface area contributed by atoms with E-state index in [0.29, 0.717) is 6.54 Å². The maximum atomic E-state index is 11.3. The van der Waals surface area contributed by atoms with E-state index in [1.165, 1.54) is 6.21 Å². The average Bonchev–Trinajstić information content (AvgIpc) is 2.15. The molecule has 1 rings (SSSR count). The maximum Gasteiger partial charge on any atom is 0.264 e. The van der Waals surface area contributed by atoms with Gasteiger partial charge in [0.2, 0.25) is 5.88 Å². The minimum atomic E-state index is -0.434. The van der Waals surface area contributed by atoms with Crippen molar-refractivity contribution in [1.29, 1.82) is 0 Å². The summed E-state index contributed by atoms with van der Waals surface area (Å²) in [7, 11) is 0. The minimum Gasteiger partial charge on any atom is -0.494 e. The molecule has 15 heavy (non-hydrogen) atoms. The summed E-state index contributed by atoms with van der Waals surface area (Å²) in [6.45, 7) is 2.70. The summed E-state index contributed by atoms with van der Waals surface area (Å²) >= 11 is 4.69. The first-order chi connectivity index (χ1) is 7.15. The molecule has 0 unspecified atom stereocenters. The molecule has 6 heteroatoms. The van der Waals surface area contributed by atoms with Crippen molar-refractivity contribution in [2.24, 2.45) is 4.99 Å². The van der Waals surface area contributed by atoms with Crippen LogP contribution in [0.1, 0.15) is 25.3 Å². The predicted octanol–water partition coefficient (Wildman–Crippen LogP) is 1.36. The zero-order valence-electron chi connectivity index (χ0n) is 8.41. The van der Waals surface area contributed by atoms with Crippen LogP contribution >= 0.6 is 12.2 Å². The number of aliphatic imine (C=N–C) groups is 1. The van der Waals surface area contributed by atoms with E-state index in [2.05, 4.69) is 34.1 Å². The molecule has 0 aliphatic rings. The highest BCUT2D eigenvalue weighted by atomic mass is 32.1. The van der Waals surface area contributed by atoms with Gasteiger partial charge >= 0.3 is 0 Å². The van der Waals surface area contributed by atoms with Crippen LogP contribution in [-0.2, 0) is 0 Å². The summed E-state index contributed by atoms with van der Waals surface area (Å²) in [5.74, 6) is -0.246. The van der Waals surface area contributed by atoms with E-state index in [-0.39, 0.29) is 16.2 Å². The number of H-pyrrole nitrogens is 2. The van der Waals surface area contributed by atoms with Crippen LogP contribution in [0.5, 0.6) is 5.88 Å². The van der Waals surface area contributed by atoms with Crippen molar-refractivity contribution in [2.45, 2.75) is 19.8 Å². The second-order valence-corrected chi connectivity index (χ2v) is 3.47. The molecule has 5 nitrogen and oxygen atoms in total. The molecule has 0 atom stereocenters. The molecule has 1 heterocycles. The summed E-state index contributed by atoms with van der Waals surface area (Å²) in [5, 5.41) is 9.40. The van der Waals surface area contributed by atoms with Crippen LogP contribution in [0, 0.1) is 4.77 Å². The number of aromatic amines is 2. The van der Waals surface area contributed by atoms with Gasteiger partial charge in [-0.15, -0.1) is 0 Å². The Morgan fingerprint density at radius 1 is 1.53 bits per heavy atom. The van der Waals surface area contributed by atoms with E-state index in [9.17, 15) is 9.90 Å². The first-order valence-electron chi connectivity index (χ1n) is 4.70. The number of hydrogen-bond acceptors (Lipinski definition) is 4. The fourth-order valence-electron chi connectivity index (χ4n) is 1.01. The molecule has 0 fully saturated rings. The van der Waals surface area contributed by atoms with E-state index in [1.807, 2.05) is 0 Å². The van der Waals surface area contributed by atoms with E-state index >= 15 is 0 Å². The molecule has 0 amide bonds. The molecule has 0 saturated carbocycles.